The summed E-state index contributed by atoms with van der Waals surface area (Å²) in [5, 5.41) is 11.8. The number of hydrogen-bond donors (Lipinski definition) is 1. The van der Waals surface area contributed by atoms with E-state index < -0.39 is 9.84 Å². The topological polar surface area (TPSA) is 67.3 Å². The number of nitrogens with zero attached hydrogens (tertiary/aromatic N) is 1. The van der Waals surface area contributed by atoms with Crippen LogP contribution < -0.4 is 0 Å². The summed E-state index contributed by atoms with van der Waals surface area (Å²) in [6.45, 7) is 6.15. The summed E-state index contributed by atoms with van der Waals surface area (Å²) in [7, 11) is -3.26. The first-order valence-electron chi connectivity index (χ1n) is 7.03. The average Bonchev–Trinajstić information content (AvgIpc) is 2.86. The van der Waals surface area contributed by atoms with Crippen LogP contribution in [0.2, 0.25) is 0 Å². The average molecular weight is 339 g/mol. The van der Waals surface area contributed by atoms with E-state index in [9.17, 15) is 8.42 Å². The first-order chi connectivity index (χ1) is 10.2. The van der Waals surface area contributed by atoms with Crippen LogP contribution in [0.25, 0.3) is 0 Å². The zero-order valence-corrected chi connectivity index (χ0v) is 14.7. The lowest BCUT2D eigenvalue weighted by atomic mass is 9.98. The van der Waals surface area contributed by atoms with Gasteiger partial charge in [-0.25, -0.2) is 13.4 Å². The normalized spacial score (nSPS) is 12.5. The Morgan fingerprint density at radius 3 is 2.18 bits per heavy atom. The fourth-order valence-corrected chi connectivity index (χ4v) is 4.40. The van der Waals surface area contributed by atoms with Gasteiger partial charge in [0.1, 0.15) is 0 Å². The third-order valence-corrected chi connectivity index (χ3v) is 5.98. The molecule has 1 N–H and O–H groups in total. The molecule has 0 fully saturated rings. The minimum atomic E-state index is -3.26. The lowest BCUT2D eigenvalue weighted by molar-refractivity contribution is 0.282. The molecule has 0 unspecified atom stereocenters. The van der Waals surface area contributed by atoms with Crippen LogP contribution in [0, 0.1) is 0 Å². The summed E-state index contributed by atoms with van der Waals surface area (Å²) in [6, 6.07) is 6.96. The first kappa shape index (κ1) is 17.1. The Bertz CT molecular complexity index is 725. The van der Waals surface area contributed by atoms with Gasteiger partial charge in [0, 0.05) is 10.8 Å². The fraction of sp³-hybridized carbons (Fsp3) is 0.438. The number of hydrogen-bond acceptors (Lipinski definition) is 5. The first-order valence-corrected chi connectivity index (χ1v) is 9.74. The summed E-state index contributed by atoms with van der Waals surface area (Å²) >= 11 is 1.51. The molecule has 0 aliphatic carbocycles. The van der Waals surface area contributed by atoms with Crippen molar-refractivity contribution in [3.05, 3.63) is 51.5 Å². The van der Waals surface area contributed by atoms with Crippen LogP contribution in [-0.4, -0.2) is 18.5 Å². The zero-order valence-electron chi connectivity index (χ0n) is 13.0. The van der Waals surface area contributed by atoms with Crippen molar-refractivity contribution in [2.45, 2.75) is 44.3 Å². The number of rotatable bonds is 5. The standard InChI is InChI=1S/C16H21NO3S2/c1-16(2,3)15-17-14(9-21-15)11-22(19,20)10-13-6-4-12(8-18)5-7-13/h4-7,9,18H,8,10-11H2,1-3H3. The highest BCUT2D eigenvalue weighted by atomic mass is 32.2. The molecule has 120 valence electrons. The molecule has 0 atom stereocenters. The molecule has 4 nitrogen and oxygen atoms in total. The van der Waals surface area contributed by atoms with Crippen molar-refractivity contribution in [3.8, 4) is 0 Å². The van der Waals surface area contributed by atoms with Gasteiger partial charge in [0.2, 0.25) is 0 Å². The van der Waals surface area contributed by atoms with Gasteiger partial charge >= 0.3 is 0 Å². The molecule has 2 rings (SSSR count). The lowest BCUT2D eigenvalue weighted by Gasteiger charge is -2.13. The van der Waals surface area contributed by atoms with Gasteiger partial charge in [0.15, 0.2) is 9.84 Å². The van der Waals surface area contributed by atoms with E-state index in [4.69, 9.17) is 5.11 Å². The Balaban J connectivity index is 2.08. The van der Waals surface area contributed by atoms with Gasteiger partial charge < -0.3 is 5.11 Å². The number of aliphatic hydroxyl groups is 1. The minimum absolute atomic E-state index is 0.0128. The Morgan fingerprint density at radius 2 is 1.68 bits per heavy atom. The Labute approximate surface area is 135 Å². The Kier molecular flexibility index (Phi) is 5.04. The number of thiazole rings is 1. The van der Waals surface area contributed by atoms with E-state index in [1.165, 1.54) is 11.3 Å². The number of sulfone groups is 1. The summed E-state index contributed by atoms with van der Waals surface area (Å²) in [4.78, 5) is 4.44. The highest BCUT2D eigenvalue weighted by Gasteiger charge is 2.20. The van der Waals surface area contributed by atoms with Crippen LogP contribution in [0.1, 0.15) is 42.6 Å². The second-order valence-electron chi connectivity index (χ2n) is 6.40. The molecule has 0 saturated heterocycles. The van der Waals surface area contributed by atoms with Crippen LogP contribution in [-0.2, 0) is 33.4 Å². The quantitative estimate of drug-likeness (QED) is 0.909. The van der Waals surface area contributed by atoms with E-state index in [2.05, 4.69) is 25.8 Å². The molecule has 0 aliphatic rings. The molecule has 0 bridgehead atoms. The monoisotopic (exact) mass is 339 g/mol. The van der Waals surface area contributed by atoms with Crippen LogP contribution in [0.15, 0.2) is 29.6 Å². The van der Waals surface area contributed by atoms with Crippen molar-refractivity contribution in [2.24, 2.45) is 0 Å². The highest BCUT2D eigenvalue weighted by molar-refractivity contribution is 7.89. The van der Waals surface area contributed by atoms with Crippen molar-refractivity contribution in [3.63, 3.8) is 0 Å². The smallest absolute Gasteiger partial charge is 0.160 e. The molecule has 0 aliphatic heterocycles. The van der Waals surface area contributed by atoms with Crippen molar-refractivity contribution in [1.29, 1.82) is 0 Å². The Morgan fingerprint density at radius 1 is 1.09 bits per heavy atom. The van der Waals surface area contributed by atoms with Gasteiger partial charge in [-0.1, -0.05) is 45.0 Å². The summed E-state index contributed by atoms with van der Waals surface area (Å²) in [6.07, 6.45) is 0. The second-order valence-corrected chi connectivity index (χ2v) is 9.32. The molecule has 2 aromatic rings. The maximum atomic E-state index is 12.3. The SMILES string of the molecule is CC(C)(C)c1nc(CS(=O)(=O)Cc2ccc(CO)cc2)cs1. The van der Waals surface area contributed by atoms with Crippen molar-refractivity contribution in [1.82, 2.24) is 4.98 Å². The molecular formula is C16H21NO3S2. The lowest BCUT2D eigenvalue weighted by Crippen LogP contribution is -2.12. The molecule has 1 aromatic carbocycles. The number of benzene rings is 1. The fourth-order valence-electron chi connectivity index (χ4n) is 1.99. The largest absolute Gasteiger partial charge is 0.392 e. The van der Waals surface area contributed by atoms with Crippen LogP contribution in [0.3, 0.4) is 0 Å². The number of aromatic nitrogens is 1. The summed E-state index contributed by atoms with van der Waals surface area (Å²) in [5.74, 6) is -0.0532. The molecule has 0 radical (unpaired) electrons. The van der Waals surface area contributed by atoms with E-state index in [-0.39, 0.29) is 23.5 Å². The van der Waals surface area contributed by atoms with E-state index in [0.29, 0.717) is 5.69 Å². The minimum Gasteiger partial charge on any atom is -0.392 e. The van der Waals surface area contributed by atoms with Crippen LogP contribution in [0.4, 0.5) is 0 Å². The van der Waals surface area contributed by atoms with Crippen molar-refractivity contribution >= 4 is 21.2 Å². The maximum absolute atomic E-state index is 12.3. The molecule has 22 heavy (non-hydrogen) atoms. The Hall–Kier alpha value is -1.24. The van der Waals surface area contributed by atoms with Crippen LogP contribution in [0.5, 0.6) is 0 Å². The van der Waals surface area contributed by atoms with Gasteiger partial charge in [-0.05, 0) is 11.1 Å². The highest BCUT2D eigenvalue weighted by Crippen LogP contribution is 2.26. The van der Waals surface area contributed by atoms with E-state index in [0.717, 1.165) is 16.1 Å². The molecule has 0 amide bonds. The van der Waals surface area contributed by atoms with Gasteiger partial charge in [-0.15, -0.1) is 11.3 Å². The summed E-state index contributed by atoms with van der Waals surface area (Å²) < 4.78 is 24.6. The maximum Gasteiger partial charge on any atom is 0.160 e. The van der Waals surface area contributed by atoms with Gasteiger partial charge in [0.25, 0.3) is 0 Å². The molecular weight excluding hydrogens is 318 g/mol. The predicted molar refractivity (Wildman–Crippen MR) is 89.5 cm³/mol. The zero-order chi connectivity index (χ0) is 16.4. The molecule has 1 aromatic heterocycles. The van der Waals surface area contributed by atoms with Gasteiger partial charge in [0.05, 0.1) is 28.8 Å². The van der Waals surface area contributed by atoms with Gasteiger partial charge in [-0.2, -0.15) is 0 Å². The summed E-state index contributed by atoms with van der Waals surface area (Å²) in [5.41, 5.74) is 2.05. The third kappa shape index (κ3) is 4.63. The van der Waals surface area contributed by atoms with E-state index in [1.807, 2.05) is 5.38 Å². The van der Waals surface area contributed by atoms with Gasteiger partial charge in [-0.3, -0.25) is 0 Å². The van der Waals surface area contributed by atoms with E-state index in [1.54, 1.807) is 24.3 Å². The predicted octanol–water partition coefficient (Wildman–Crippen LogP) is 3.05. The molecule has 0 saturated carbocycles. The molecule has 6 heteroatoms. The molecule has 1 heterocycles. The number of aliphatic hydroxyl groups excluding tert-OH is 1. The van der Waals surface area contributed by atoms with Crippen LogP contribution >= 0.6 is 11.3 Å². The second kappa shape index (κ2) is 6.48. The van der Waals surface area contributed by atoms with Crippen molar-refractivity contribution in [2.75, 3.05) is 0 Å². The molecule has 0 spiro atoms. The van der Waals surface area contributed by atoms with Crippen molar-refractivity contribution < 1.29 is 13.5 Å². The van der Waals surface area contributed by atoms with E-state index >= 15 is 0 Å². The third-order valence-electron chi connectivity index (χ3n) is 3.15.